The number of ketones is 1. The van der Waals surface area contributed by atoms with Crippen LogP contribution >= 0.6 is 0 Å². The van der Waals surface area contributed by atoms with Crippen molar-refractivity contribution < 1.29 is 32.5 Å². The van der Waals surface area contributed by atoms with Gasteiger partial charge in [0.25, 0.3) is 0 Å². The molecule has 3 heterocycles. The van der Waals surface area contributed by atoms with Gasteiger partial charge in [0.2, 0.25) is 0 Å². The molecular weight excluding hydrogens is 487 g/mol. The van der Waals surface area contributed by atoms with Gasteiger partial charge in [0.15, 0.2) is 23.2 Å². The number of aromatic nitrogens is 2. The minimum atomic E-state index is -0.861. The van der Waals surface area contributed by atoms with Crippen LogP contribution in [0.4, 0.5) is 18.9 Å². The summed E-state index contributed by atoms with van der Waals surface area (Å²) in [6.07, 6.45) is 3.36. The molecule has 4 aromatic rings. The van der Waals surface area contributed by atoms with Gasteiger partial charge in [-0.1, -0.05) is 12.1 Å². The van der Waals surface area contributed by atoms with E-state index in [9.17, 15) is 18.7 Å². The molecular formula is C27H24F3N3O4. The Morgan fingerprint density at radius 3 is 2.70 bits per heavy atom. The van der Waals surface area contributed by atoms with Crippen molar-refractivity contribution in [1.29, 1.82) is 0 Å². The first-order chi connectivity index (χ1) is 17.9. The van der Waals surface area contributed by atoms with Crippen molar-refractivity contribution in [3.63, 3.8) is 0 Å². The molecule has 0 spiro atoms. The molecule has 0 amide bonds. The number of halogens is 3. The number of hydrogen-bond acceptors (Lipinski definition) is 6. The van der Waals surface area contributed by atoms with Crippen LogP contribution in [0.15, 0.2) is 48.8 Å². The zero-order chi connectivity index (χ0) is 26.1. The van der Waals surface area contributed by atoms with Gasteiger partial charge in [-0.25, -0.2) is 18.2 Å². The van der Waals surface area contributed by atoms with Gasteiger partial charge in [-0.15, -0.1) is 0 Å². The van der Waals surface area contributed by atoms with Gasteiger partial charge in [0, 0.05) is 18.3 Å². The highest BCUT2D eigenvalue weighted by molar-refractivity contribution is 6.19. The number of carbonyl (C=O) groups excluding carboxylic acids is 1. The van der Waals surface area contributed by atoms with Crippen molar-refractivity contribution in [3.8, 4) is 11.5 Å². The molecule has 2 aromatic heterocycles. The fourth-order valence-corrected chi connectivity index (χ4v) is 4.51. The fourth-order valence-electron chi connectivity index (χ4n) is 4.51. The number of carbonyl (C=O) groups is 1. The van der Waals surface area contributed by atoms with E-state index >= 15 is 4.39 Å². The van der Waals surface area contributed by atoms with Crippen LogP contribution in [-0.4, -0.2) is 46.2 Å². The molecule has 0 saturated carbocycles. The number of nitrogens with zero attached hydrogens (tertiary/aromatic N) is 1. The normalized spacial score (nSPS) is 17.6. The molecule has 1 aliphatic rings. The topological polar surface area (TPSA) is 96.5 Å². The molecule has 1 aliphatic heterocycles. The Morgan fingerprint density at radius 2 is 2.00 bits per heavy atom. The Morgan fingerprint density at radius 1 is 1.19 bits per heavy atom. The molecule has 1 fully saturated rings. The predicted octanol–water partition coefficient (Wildman–Crippen LogP) is 5.26. The van der Waals surface area contributed by atoms with Gasteiger partial charge < -0.3 is 24.9 Å². The Kier molecular flexibility index (Phi) is 6.86. The number of hydrogen-bond donors (Lipinski definition) is 3. The number of H-pyrrole nitrogens is 1. The number of aryl methyl sites for hydroxylation is 1. The lowest BCUT2D eigenvalue weighted by atomic mass is 9.97. The first-order valence-corrected chi connectivity index (χ1v) is 11.8. The van der Waals surface area contributed by atoms with E-state index < -0.39 is 23.2 Å². The van der Waals surface area contributed by atoms with Crippen molar-refractivity contribution in [3.05, 3.63) is 82.9 Å². The number of anilines is 1. The number of aromatic amines is 1. The van der Waals surface area contributed by atoms with E-state index in [0.29, 0.717) is 12.8 Å². The van der Waals surface area contributed by atoms with Crippen LogP contribution in [0.1, 0.15) is 34.3 Å². The molecule has 0 bridgehead atoms. The van der Waals surface area contributed by atoms with Gasteiger partial charge in [-0.2, -0.15) is 0 Å². The molecule has 37 heavy (non-hydrogen) atoms. The SMILES string of the molecule is Cc1cc(Oc2ccccc2F)cc(F)c1C(=O)c1c[nH]c2ncc(F)c(N[C@@H]3CC[C@@H](CO)OC3)c12. The molecule has 2 atom stereocenters. The van der Waals surface area contributed by atoms with Gasteiger partial charge in [0.05, 0.1) is 47.7 Å². The van der Waals surface area contributed by atoms with Crippen LogP contribution in [0.3, 0.4) is 0 Å². The Balaban J connectivity index is 1.47. The lowest BCUT2D eigenvalue weighted by Crippen LogP contribution is -2.36. The summed E-state index contributed by atoms with van der Waals surface area (Å²) in [6, 6.07) is 7.91. The van der Waals surface area contributed by atoms with Crippen LogP contribution in [0.2, 0.25) is 0 Å². The molecule has 0 radical (unpaired) electrons. The van der Waals surface area contributed by atoms with Crippen LogP contribution in [0, 0.1) is 24.4 Å². The summed E-state index contributed by atoms with van der Waals surface area (Å²) < 4.78 is 55.2. The van der Waals surface area contributed by atoms with Crippen molar-refractivity contribution in [1.82, 2.24) is 9.97 Å². The minimum absolute atomic E-state index is 0.0316. The molecule has 2 aromatic carbocycles. The Labute approximate surface area is 210 Å². The highest BCUT2D eigenvalue weighted by Crippen LogP contribution is 2.34. The third kappa shape index (κ3) is 4.90. The second-order valence-corrected chi connectivity index (χ2v) is 8.92. The summed E-state index contributed by atoms with van der Waals surface area (Å²) in [7, 11) is 0. The molecule has 192 valence electrons. The quantitative estimate of drug-likeness (QED) is 0.293. The number of benzene rings is 2. The second-order valence-electron chi connectivity index (χ2n) is 8.92. The summed E-state index contributed by atoms with van der Waals surface area (Å²) in [6.45, 7) is 1.69. The summed E-state index contributed by atoms with van der Waals surface area (Å²) in [5, 5.41) is 12.6. The first kappa shape index (κ1) is 24.8. The van der Waals surface area contributed by atoms with E-state index in [2.05, 4.69) is 15.3 Å². The molecule has 7 nitrogen and oxygen atoms in total. The molecule has 0 aliphatic carbocycles. The number of aliphatic hydroxyl groups is 1. The van der Waals surface area contributed by atoms with E-state index in [1.165, 1.54) is 37.4 Å². The van der Waals surface area contributed by atoms with E-state index in [4.69, 9.17) is 9.47 Å². The van der Waals surface area contributed by atoms with Crippen molar-refractivity contribution in [2.75, 3.05) is 18.5 Å². The van der Waals surface area contributed by atoms with Crippen LogP contribution in [0.5, 0.6) is 11.5 Å². The number of pyridine rings is 1. The number of rotatable bonds is 7. The maximum Gasteiger partial charge on any atom is 0.198 e. The highest BCUT2D eigenvalue weighted by Gasteiger charge is 2.27. The molecule has 1 saturated heterocycles. The van der Waals surface area contributed by atoms with Gasteiger partial charge in [-0.05, 0) is 43.5 Å². The molecule has 3 N–H and O–H groups in total. The number of nitrogens with one attached hydrogen (secondary N) is 2. The number of para-hydroxylation sites is 1. The number of aliphatic hydroxyl groups excluding tert-OH is 1. The third-order valence-corrected chi connectivity index (χ3v) is 6.37. The van der Waals surface area contributed by atoms with Crippen LogP contribution in [0.25, 0.3) is 11.0 Å². The van der Waals surface area contributed by atoms with Gasteiger partial charge in [0.1, 0.15) is 17.2 Å². The van der Waals surface area contributed by atoms with E-state index in [-0.39, 0.29) is 70.3 Å². The Bertz CT molecular complexity index is 1440. The standard InChI is InChI=1S/C27H24F3N3O4/c1-14-8-17(37-22-5-3-2-4-19(22)28)9-20(29)23(14)26(35)18-10-31-27-24(18)25(21(30)11-32-27)33-15-6-7-16(12-34)36-13-15/h2-5,8-11,15-16,34H,6-7,12-13H2,1H3,(H2,31,32,33)/t15-,16+/m1/s1. The Hall–Kier alpha value is -3.89. The minimum Gasteiger partial charge on any atom is -0.454 e. The highest BCUT2D eigenvalue weighted by atomic mass is 19.1. The van der Waals surface area contributed by atoms with Crippen LogP contribution in [-0.2, 0) is 4.74 Å². The average molecular weight is 512 g/mol. The smallest absolute Gasteiger partial charge is 0.198 e. The third-order valence-electron chi connectivity index (χ3n) is 6.37. The van der Waals surface area contributed by atoms with E-state index in [1.54, 1.807) is 6.07 Å². The van der Waals surface area contributed by atoms with Gasteiger partial charge >= 0.3 is 0 Å². The van der Waals surface area contributed by atoms with Crippen molar-refractivity contribution in [2.24, 2.45) is 0 Å². The fraction of sp³-hybridized carbons (Fsp3) is 0.259. The summed E-state index contributed by atoms with van der Waals surface area (Å²) >= 11 is 0. The summed E-state index contributed by atoms with van der Waals surface area (Å²) in [4.78, 5) is 20.4. The zero-order valence-corrected chi connectivity index (χ0v) is 19.9. The van der Waals surface area contributed by atoms with Crippen molar-refractivity contribution >= 4 is 22.5 Å². The molecule has 5 rings (SSSR count). The molecule has 0 unspecified atom stereocenters. The van der Waals surface area contributed by atoms with E-state index in [1.807, 2.05) is 0 Å². The first-order valence-electron chi connectivity index (χ1n) is 11.8. The number of ether oxygens (including phenoxy) is 2. The largest absolute Gasteiger partial charge is 0.454 e. The monoisotopic (exact) mass is 511 g/mol. The maximum atomic E-state index is 15.2. The van der Waals surface area contributed by atoms with Crippen LogP contribution < -0.4 is 10.1 Å². The second kappa shape index (κ2) is 10.2. The molecule has 10 heteroatoms. The van der Waals surface area contributed by atoms with Crippen molar-refractivity contribution in [2.45, 2.75) is 31.9 Å². The van der Waals surface area contributed by atoms with E-state index in [0.717, 1.165) is 12.3 Å². The predicted molar refractivity (Wildman–Crippen MR) is 131 cm³/mol. The van der Waals surface area contributed by atoms with Gasteiger partial charge in [-0.3, -0.25) is 4.79 Å². The zero-order valence-electron chi connectivity index (χ0n) is 19.9. The maximum absolute atomic E-state index is 15.2. The summed E-state index contributed by atoms with van der Waals surface area (Å²) in [5.41, 5.74) is 0.404. The average Bonchev–Trinajstić information content (AvgIpc) is 3.31. The number of fused-ring (bicyclic) bond motifs is 1. The summed E-state index contributed by atoms with van der Waals surface area (Å²) in [5.74, 6) is -2.86. The lowest BCUT2D eigenvalue weighted by molar-refractivity contribution is -0.0223. The lowest BCUT2D eigenvalue weighted by Gasteiger charge is -2.29.